The molecule has 0 aliphatic carbocycles. The van der Waals surface area contributed by atoms with Gasteiger partial charge in [0.1, 0.15) is 12.4 Å². The minimum atomic E-state index is -0.442. The van der Waals surface area contributed by atoms with E-state index in [1.165, 1.54) is 27.6 Å². The van der Waals surface area contributed by atoms with Gasteiger partial charge in [-0.1, -0.05) is 23.8 Å². The second-order valence-corrected chi connectivity index (χ2v) is 6.44. The smallest absolute Gasteiger partial charge is 0.280 e. The maximum absolute atomic E-state index is 13.4. The van der Waals surface area contributed by atoms with E-state index in [9.17, 15) is 14.0 Å². The van der Waals surface area contributed by atoms with E-state index in [-0.39, 0.29) is 12.1 Å². The summed E-state index contributed by atoms with van der Waals surface area (Å²) in [6.45, 7) is 1.80. The molecule has 4 aromatic rings. The Bertz CT molecular complexity index is 1230. The highest BCUT2D eigenvalue weighted by molar-refractivity contribution is 5.91. The molecule has 7 heteroatoms. The van der Waals surface area contributed by atoms with E-state index < -0.39 is 11.7 Å². The van der Waals surface area contributed by atoms with Crippen molar-refractivity contribution in [2.45, 2.75) is 13.5 Å². The number of benzene rings is 2. The molecule has 140 valence electrons. The van der Waals surface area contributed by atoms with Gasteiger partial charge in [-0.2, -0.15) is 0 Å². The van der Waals surface area contributed by atoms with Crippen LogP contribution >= 0.6 is 0 Å². The molecule has 0 aliphatic heterocycles. The Hall–Kier alpha value is -3.74. The van der Waals surface area contributed by atoms with Crippen LogP contribution in [0.2, 0.25) is 0 Å². The summed E-state index contributed by atoms with van der Waals surface area (Å²) in [5.41, 5.74) is 2.18. The molecule has 6 nitrogen and oxygen atoms in total. The first-order valence-corrected chi connectivity index (χ1v) is 8.72. The summed E-state index contributed by atoms with van der Waals surface area (Å²) in [4.78, 5) is 29.8. The highest BCUT2D eigenvalue weighted by atomic mass is 19.1. The fourth-order valence-corrected chi connectivity index (χ4v) is 3.08. The third kappa shape index (κ3) is 3.29. The molecule has 0 saturated carbocycles. The Morgan fingerprint density at radius 2 is 1.89 bits per heavy atom. The Labute approximate surface area is 159 Å². The van der Waals surface area contributed by atoms with Crippen LogP contribution in [0, 0.1) is 12.7 Å². The summed E-state index contributed by atoms with van der Waals surface area (Å²) in [6, 6.07) is 16.4. The van der Waals surface area contributed by atoms with Crippen molar-refractivity contribution in [2.24, 2.45) is 0 Å². The molecule has 0 saturated heterocycles. The van der Waals surface area contributed by atoms with E-state index in [1.807, 2.05) is 31.2 Å². The lowest BCUT2D eigenvalue weighted by molar-refractivity contribution is -0.116. The quantitative estimate of drug-likeness (QED) is 0.594. The standard InChI is InChI=1S/C21H17FN4O2/c1-14-7-9-17(10-8-14)26-21(28)18-6-3-11-23-20(18)25(26)13-19(27)24-16-5-2-4-15(22)12-16/h2-12H,13H2,1H3,(H,24,27). The molecule has 4 rings (SSSR count). The number of hydrogen-bond acceptors (Lipinski definition) is 3. The number of aryl methyl sites for hydroxylation is 1. The van der Waals surface area contributed by atoms with Crippen LogP contribution in [-0.4, -0.2) is 20.3 Å². The summed E-state index contributed by atoms with van der Waals surface area (Å²) in [5.74, 6) is -0.837. The topological polar surface area (TPSA) is 68.9 Å². The first-order chi connectivity index (χ1) is 13.5. The van der Waals surface area contributed by atoms with E-state index >= 15 is 0 Å². The predicted octanol–water partition coefficient (Wildman–Crippen LogP) is 3.27. The lowest BCUT2D eigenvalue weighted by Gasteiger charge is -2.13. The normalized spacial score (nSPS) is 10.9. The predicted molar refractivity (Wildman–Crippen MR) is 105 cm³/mol. The lowest BCUT2D eigenvalue weighted by Crippen LogP contribution is -2.27. The maximum Gasteiger partial charge on any atom is 0.280 e. The number of nitrogens with one attached hydrogen (secondary N) is 1. The molecule has 2 aromatic carbocycles. The van der Waals surface area contributed by atoms with Crippen molar-refractivity contribution in [1.29, 1.82) is 0 Å². The first-order valence-electron chi connectivity index (χ1n) is 8.72. The van der Waals surface area contributed by atoms with E-state index in [0.717, 1.165) is 5.56 Å². The van der Waals surface area contributed by atoms with Gasteiger partial charge < -0.3 is 5.32 Å². The van der Waals surface area contributed by atoms with Gasteiger partial charge >= 0.3 is 0 Å². The number of carbonyl (C=O) groups excluding carboxylic acids is 1. The highest BCUT2D eigenvalue weighted by Crippen LogP contribution is 2.15. The van der Waals surface area contributed by atoms with Crippen molar-refractivity contribution in [3.8, 4) is 5.69 Å². The summed E-state index contributed by atoms with van der Waals surface area (Å²) >= 11 is 0. The van der Waals surface area contributed by atoms with E-state index in [1.54, 1.807) is 24.4 Å². The number of nitrogens with zero attached hydrogens (tertiary/aromatic N) is 3. The molecule has 0 bridgehead atoms. The van der Waals surface area contributed by atoms with Crippen molar-refractivity contribution < 1.29 is 9.18 Å². The molecule has 28 heavy (non-hydrogen) atoms. The SMILES string of the molecule is Cc1ccc(-n2c(=O)c3cccnc3n2CC(=O)Nc2cccc(F)c2)cc1. The molecular weight excluding hydrogens is 359 g/mol. The van der Waals surface area contributed by atoms with Gasteiger partial charge in [-0.25, -0.2) is 14.1 Å². The monoisotopic (exact) mass is 376 g/mol. The summed E-state index contributed by atoms with van der Waals surface area (Å²) in [6.07, 6.45) is 1.57. The lowest BCUT2D eigenvalue weighted by atomic mass is 10.2. The van der Waals surface area contributed by atoms with Crippen LogP contribution in [0.15, 0.2) is 71.7 Å². The van der Waals surface area contributed by atoms with Crippen LogP contribution in [0.1, 0.15) is 5.56 Å². The van der Waals surface area contributed by atoms with Gasteiger partial charge in [-0.3, -0.25) is 14.3 Å². The van der Waals surface area contributed by atoms with E-state index in [4.69, 9.17) is 0 Å². The summed E-state index contributed by atoms with van der Waals surface area (Å²) < 4.78 is 16.3. The zero-order chi connectivity index (χ0) is 19.7. The van der Waals surface area contributed by atoms with Gasteiger partial charge in [0, 0.05) is 11.9 Å². The highest BCUT2D eigenvalue weighted by Gasteiger charge is 2.18. The Morgan fingerprint density at radius 3 is 2.64 bits per heavy atom. The zero-order valence-electron chi connectivity index (χ0n) is 15.1. The number of carbonyl (C=O) groups is 1. The fourth-order valence-electron chi connectivity index (χ4n) is 3.08. The zero-order valence-corrected chi connectivity index (χ0v) is 15.1. The summed E-state index contributed by atoms with van der Waals surface area (Å²) in [5, 5.41) is 3.07. The third-order valence-electron chi connectivity index (χ3n) is 4.38. The maximum atomic E-state index is 13.4. The number of aromatic nitrogens is 3. The number of rotatable bonds is 4. The second-order valence-electron chi connectivity index (χ2n) is 6.44. The number of anilines is 1. The van der Waals surface area contributed by atoms with Crippen LogP contribution in [0.25, 0.3) is 16.7 Å². The van der Waals surface area contributed by atoms with Crippen molar-refractivity contribution in [1.82, 2.24) is 14.3 Å². The van der Waals surface area contributed by atoms with Crippen LogP contribution in [0.5, 0.6) is 0 Å². The molecule has 0 spiro atoms. The molecular formula is C21H17FN4O2. The largest absolute Gasteiger partial charge is 0.324 e. The molecule has 0 atom stereocenters. The molecule has 0 unspecified atom stereocenters. The van der Waals surface area contributed by atoms with Crippen molar-refractivity contribution >= 4 is 22.6 Å². The van der Waals surface area contributed by atoms with Crippen molar-refractivity contribution in [2.75, 3.05) is 5.32 Å². The number of halogens is 1. The Balaban J connectivity index is 1.77. The number of pyridine rings is 1. The first kappa shape index (κ1) is 17.7. The van der Waals surface area contributed by atoms with Crippen LogP contribution in [-0.2, 0) is 11.3 Å². The Morgan fingerprint density at radius 1 is 1.11 bits per heavy atom. The number of hydrogen-bond donors (Lipinski definition) is 1. The van der Waals surface area contributed by atoms with Gasteiger partial charge in [0.05, 0.1) is 11.1 Å². The van der Waals surface area contributed by atoms with E-state index in [0.29, 0.717) is 22.4 Å². The van der Waals surface area contributed by atoms with Gasteiger partial charge in [0.15, 0.2) is 5.65 Å². The number of fused-ring (bicyclic) bond motifs is 1. The van der Waals surface area contributed by atoms with Gasteiger partial charge in [0.2, 0.25) is 5.91 Å². The van der Waals surface area contributed by atoms with Crippen LogP contribution in [0.3, 0.4) is 0 Å². The van der Waals surface area contributed by atoms with Crippen LogP contribution in [0.4, 0.5) is 10.1 Å². The molecule has 2 heterocycles. The Kier molecular flexibility index (Phi) is 4.49. The molecule has 1 N–H and O–H groups in total. The minimum Gasteiger partial charge on any atom is -0.324 e. The summed E-state index contributed by atoms with van der Waals surface area (Å²) in [7, 11) is 0. The molecule has 0 radical (unpaired) electrons. The third-order valence-corrected chi connectivity index (χ3v) is 4.38. The van der Waals surface area contributed by atoms with Crippen molar-refractivity contribution in [3.05, 3.63) is 88.6 Å². The molecule has 0 aliphatic rings. The molecule has 1 amide bonds. The average Bonchev–Trinajstić information content (AvgIpc) is 2.95. The van der Waals surface area contributed by atoms with Gasteiger partial charge in [-0.15, -0.1) is 0 Å². The average molecular weight is 376 g/mol. The molecule has 2 aromatic heterocycles. The van der Waals surface area contributed by atoms with Gasteiger partial charge in [-0.05, 0) is 49.4 Å². The second kappa shape index (κ2) is 7.11. The number of amides is 1. The molecule has 0 fully saturated rings. The minimum absolute atomic E-state index is 0.153. The van der Waals surface area contributed by atoms with E-state index in [2.05, 4.69) is 10.3 Å². The van der Waals surface area contributed by atoms with Crippen molar-refractivity contribution in [3.63, 3.8) is 0 Å². The fraction of sp³-hybridized carbons (Fsp3) is 0.0952. The van der Waals surface area contributed by atoms with Crippen LogP contribution < -0.4 is 10.9 Å². The van der Waals surface area contributed by atoms with Gasteiger partial charge in [0.25, 0.3) is 5.56 Å².